The molecule has 1 N–H and O–H groups in total. The summed E-state index contributed by atoms with van der Waals surface area (Å²) >= 11 is 0. The maximum absolute atomic E-state index is 14.1. The molecule has 3 fully saturated rings. The summed E-state index contributed by atoms with van der Waals surface area (Å²) in [6.07, 6.45) is 1.36. The zero-order chi connectivity index (χ0) is 20.6. The van der Waals surface area contributed by atoms with Crippen molar-refractivity contribution in [1.82, 2.24) is 14.3 Å². The first-order valence-corrected chi connectivity index (χ1v) is 10.9. The van der Waals surface area contributed by atoms with Crippen LogP contribution in [0.15, 0.2) is 16.9 Å². The van der Waals surface area contributed by atoms with Gasteiger partial charge in [-0.1, -0.05) is 6.07 Å². The van der Waals surface area contributed by atoms with Gasteiger partial charge in [0, 0.05) is 18.5 Å². The van der Waals surface area contributed by atoms with E-state index in [2.05, 4.69) is 4.72 Å². The van der Waals surface area contributed by atoms with Gasteiger partial charge < -0.3 is 0 Å². The Hall–Kier alpha value is -1.60. The van der Waals surface area contributed by atoms with Gasteiger partial charge in [-0.05, 0) is 71.1 Å². The Morgan fingerprint density at radius 2 is 1.89 bits per heavy atom. The van der Waals surface area contributed by atoms with E-state index in [9.17, 15) is 13.4 Å². The van der Waals surface area contributed by atoms with Gasteiger partial charge >= 0.3 is 0 Å². The second-order valence-corrected chi connectivity index (χ2v) is 11.7. The molecule has 7 heteroatoms. The summed E-state index contributed by atoms with van der Waals surface area (Å²) in [4.78, 5) is 18.0. The number of alkyl halides is 1. The average molecular weight is 406 g/mol. The van der Waals surface area contributed by atoms with E-state index in [1.165, 1.54) is 0 Å². The molecule has 3 saturated carbocycles. The minimum absolute atomic E-state index is 0.105. The van der Waals surface area contributed by atoms with Crippen molar-refractivity contribution >= 4 is 21.9 Å². The Kier molecular flexibility index (Phi) is 4.19. The van der Waals surface area contributed by atoms with E-state index >= 15 is 0 Å². The maximum atomic E-state index is 14.1. The van der Waals surface area contributed by atoms with Crippen molar-refractivity contribution in [2.24, 2.45) is 7.05 Å². The van der Waals surface area contributed by atoms with E-state index in [0.717, 1.165) is 11.1 Å². The summed E-state index contributed by atoms with van der Waals surface area (Å²) in [7, 11) is 0.481. The summed E-state index contributed by atoms with van der Waals surface area (Å²) in [5.41, 5.74) is 0.982. The molecule has 1 aromatic carbocycles. The SMILES string of the molecule is Cc1cc(C(C)N[S@](=O)C(C)(C)C)c2nc(C34CC(F)(C3)C4)n(C)c(=O)c2c1. The van der Waals surface area contributed by atoms with Crippen molar-refractivity contribution < 1.29 is 8.60 Å². The zero-order valence-electron chi connectivity index (χ0n) is 17.4. The van der Waals surface area contributed by atoms with E-state index in [0.29, 0.717) is 36.0 Å². The summed E-state index contributed by atoms with van der Waals surface area (Å²) < 4.78 is 31.0. The number of halogens is 1. The molecule has 2 aromatic rings. The topological polar surface area (TPSA) is 64.0 Å². The number of rotatable bonds is 4. The van der Waals surface area contributed by atoms with Crippen molar-refractivity contribution in [2.45, 2.75) is 75.8 Å². The normalized spacial score (nSPS) is 28.5. The molecule has 2 atom stereocenters. The van der Waals surface area contributed by atoms with Crippen LogP contribution in [0.1, 0.15) is 70.0 Å². The van der Waals surface area contributed by atoms with Gasteiger partial charge in [0.05, 0.1) is 26.6 Å². The first kappa shape index (κ1) is 19.7. The Labute approximate surface area is 167 Å². The number of nitrogens with one attached hydrogen (secondary N) is 1. The van der Waals surface area contributed by atoms with Gasteiger partial charge in [-0.2, -0.15) is 0 Å². The second kappa shape index (κ2) is 5.95. The fraction of sp³-hybridized carbons (Fsp3) is 0.619. The highest BCUT2D eigenvalue weighted by Crippen LogP contribution is 2.69. The Morgan fingerprint density at radius 1 is 1.29 bits per heavy atom. The lowest BCUT2D eigenvalue weighted by molar-refractivity contribution is -0.163. The predicted molar refractivity (Wildman–Crippen MR) is 111 cm³/mol. The molecule has 3 aliphatic carbocycles. The van der Waals surface area contributed by atoms with Gasteiger partial charge in [0.15, 0.2) is 0 Å². The van der Waals surface area contributed by atoms with Gasteiger partial charge in [0.25, 0.3) is 5.56 Å². The lowest BCUT2D eigenvalue weighted by Crippen LogP contribution is -2.68. The van der Waals surface area contributed by atoms with Crippen molar-refractivity contribution in [2.75, 3.05) is 0 Å². The van der Waals surface area contributed by atoms with E-state index in [1.807, 2.05) is 46.8 Å². The molecule has 5 nitrogen and oxygen atoms in total. The van der Waals surface area contributed by atoms with Crippen LogP contribution in [0.2, 0.25) is 0 Å². The first-order valence-electron chi connectivity index (χ1n) is 9.74. The van der Waals surface area contributed by atoms with Crippen LogP contribution in [0.4, 0.5) is 4.39 Å². The lowest BCUT2D eigenvalue weighted by Gasteiger charge is -2.65. The van der Waals surface area contributed by atoms with E-state index in [-0.39, 0.29) is 17.0 Å². The minimum atomic E-state index is -1.25. The number of hydrogen-bond acceptors (Lipinski definition) is 3. The molecule has 1 heterocycles. The van der Waals surface area contributed by atoms with Crippen LogP contribution in [0.3, 0.4) is 0 Å². The third kappa shape index (κ3) is 2.86. The van der Waals surface area contributed by atoms with Crippen molar-refractivity contribution in [3.63, 3.8) is 0 Å². The van der Waals surface area contributed by atoms with E-state index in [4.69, 9.17) is 4.98 Å². The van der Waals surface area contributed by atoms with Crippen LogP contribution in [0.25, 0.3) is 10.9 Å². The smallest absolute Gasteiger partial charge is 0.261 e. The van der Waals surface area contributed by atoms with Gasteiger partial charge in [0.2, 0.25) is 0 Å². The fourth-order valence-corrected chi connectivity index (χ4v) is 5.46. The molecule has 3 aliphatic rings. The third-order valence-electron chi connectivity index (χ3n) is 6.10. The number of fused-ring (bicyclic) bond motifs is 1. The van der Waals surface area contributed by atoms with Crippen molar-refractivity contribution in [3.8, 4) is 0 Å². The number of aryl methyl sites for hydroxylation is 1. The Morgan fingerprint density at radius 3 is 2.43 bits per heavy atom. The monoisotopic (exact) mass is 405 g/mol. The Bertz CT molecular complexity index is 1050. The van der Waals surface area contributed by atoms with Gasteiger partial charge in [-0.3, -0.25) is 9.36 Å². The number of aromatic nitrogens is 2. The van der Waals surface area contributed by atoms with Crippen LogP contribution < -0.4 is 10.3 Å². The molecule has 0 spiro atoms. The summed E-state index contributed by atoms with van der Waals surface area (Å²) in [5.74, 6) is 0.679. The third-order valence-corrected chi connectivity index (χ3v) is 7.78. The number of nitrogens with zero attached hydrogens (tertiary/aromatic N) is 2. The van der Waals surface area contributed by atoms with Gasteiger partial charge in [-0.25, -0.2) is 18.3 Å². The molecule has 0 aliphatic heterocycles. The largest absolute Gasteiger partial charge is 0.299 e. The summed E-state index contributed by atoms with van der Waals surface area (Å²) in [6, 6.07) is 3.61. The van der Waals surface area contributed by atoms with Gasteiger partial charge in [-0.15, -0.1) is 0 Å². The molecular weight excluding hydrogens is 377 g/mol. The van der Waals surface area contributed by atoms with Crippen LogP contribution in [0, 0.1) is 6.92 Å². The molecule has 152 valence electrons. The average Bonchev–Trinajstić information content (AvgIpc) is 2.53. The van der Waals surface area contributed by atoms with E-state index in [1.54, 1.807) is 11.6 Å². The highest BCUT2D eigenvalue weighted by molar-refractivity contribution is 7.84. The van der Waals surface area contributed by atoms with Crippen LogP contribution >= 0.6 is 0 Å². The lowest BCUT2D eigenvalue weighted by atomic mass is 9.42. The summed E-state index contributed by atoms with van der Waals surface area (Å²) in [6.45, 7) is 9.63. The highest BCUT2D eigenvalue weighted by atomic mass is 32.2. The first-order chi connectivity index (χ1) is 12.9. The Balaban J connectivity index is 1.84. The van der Waals surface area contributed by atoms with Crippen LogP contribution in [-0.4, -0.2) is 24.2 Å². The molecular formula is C21H28FN3O2S. The molecule has 0 saturated heterocycles. The van der Waals surface area contributed by atoms with Crippen LogP contribution in [0.5, 0.6) is 0 Å². The zero-order valence-corrected chi connectivity index (χ0v) is 18.2. The minimum Gasteiger partial charge on any atom is -0.299 e. The highest BCUT2D eigenvalue weighted by Gasteiger charge is 2.71. The molecule has 28 heavy (non-hydrogen) atoms. The molecule has 2 bridgehead atoms. The van der Waals surface area contributed by atoms with Crippen LogP contribution in [-0.2, 0) is 23.4 Å². The molecule has 0 amide bonds. The standard InChI is InChI=1S/C21H28FN3O2S/c1-12-7-14(13(2)24-28(27)19(3,4)5)16-15(8-12)17(26)25(6)18(23-16)20-9-21(22,10-20)11-20/h7-8,13,24H,9-11H2,1-6H3/t13?,20?,21?,28-/m1/s1. The number of hydrogen-bond donors (Lipinski definition) is 1. The number of benzene rings is 1. The van der Waals surface area contributed by atoms with E-state index < -0.39 is 21.4 Å². The fourth-order valence-electron chi connectivity index (χ4n) is 4.66. The quantitative estimate of drug-likeness (QED) is 0.847. The van der Waals surface area contributed by atoms with Gasteiger partial charge in [0.1, 0.15) is 11.5 Å². The molecule has 5 rings (SSSR count). The maximum Gasteiger partial charge on any atom is 0.261 e. The molecule has 0 radical (unpaired) electrons. The molecule has 1 unspecified atom stereocenters. The molecule has 1 aromatic heterocycles. The van der Waals surface area contributed by atoms with Crippen molar-refractivity contribution in [1.29, 1.82) is 0 Å². The second-order valence-electron chi connectivity index (χ2n) is 9.73. The van der Waals surface area contributed by atoms with Crippen molar-refractivity contribution in [3.05, 3.63) is 39.4 Å². The predicted octanol–water partition coefficient (Wildman–Crippen LogP) is 3.50. The summed E-state index contributed by atoms with van der Waals surface area (Å²) in [5, 5.41) is 0.554.